The van der Waals surface area contributed by atoms with Crippen molar-refractivity contribution in [3.63, 3.8) is 0 Å². The molecule has 1 aromatic heterocycles. The van der Waals surface area contributed by atoms with Gasteiger partial charge in [0.05, 0.1) is 10.7 Å². The Bertz CT molecular complexity index is 326. The number of pyridine rings is 1. The minimum atomic E-state index is -0.306. The third-order valence-corrected chi connectivity index (χ3v) is 2.15. The fraction of sp³-hybridized carbons (Fsp3) is 0.400. The Morgan fingerprint density at radius 1 is 1.67 bits per heavy atom. The molecule has 0 fully saturated rings. The minimum absolute atomic E-state index is 0.0555. The van der Waals surface area contributed by atoms with E-state index in [-0.39, 0.29) is 11.9 Å². The van der Waals surface area contributed by atoms with Crippen molar-refractivity contribution in [2.75, 3.05) is 0 Å². The highest BCUT2D eigenvalue weighted by atomic mass is 35.5. The van der Waals surface area contributed by atoms with E-state index in [0.717, 1.165) is 5.69 Å². The quantitative estimate of drug-likeness (QED) is 0.791. The number of carbonyl (C=O) groups excluding carboxylic acids is 1. The number of aromatic nitrogens is 1. The van der Waals surface area contributed by atoms with Crippen molar-refractivity contribution < 1.29 is 4.79 Å². The Morgan fingerprint density at radius 2 is 2.40 bits per heavy atom. The molecule has 1 rings (SSSR count). The molecule has 3 N–H and O–H groups in total. The van der Waals surface area contributed by atoms with Crippen molar-refractivity contribution >= 4 is 17.5 Å². The maximum atomic E-state index is 10.6. The highest BCUT2D eigenvalue weighted by Crippen LogP contribution is 2.06. The summed E-state index contributed by atoms with van der Waals surface area (Å²) in [7, 11) is 0. The molecule has 0 saturated heterocycles. The molecule has 1 unspecified atom stereocenters. The Hall–Kier alpha value is -1.13. The molecule has 1 atom stereocenters. The molecule has 0 radical (unpaired) electrons. The third kappa shape index (κ3) is 4.76. The Morgan fingerprint density at radius 3 is 2.93 bits per heavy atom. The summed E-state index contributed by atoms with van der Waals surface area (Å²) in [6.45, 7) is 2.51. The first-order chi connectivity index (χ1) is 7.08. The topological polar surface area (TPSA) is 68.0 Å². The highest BCUT2D eigenvalue weighted by molar-refractivity contribution is 6.30. The number of nitrogens with one attached hydrogen (secondary N) is 1. The van der Waals surface area contributed by atoms with Gasteiger partial charge in [0.2, 0.25) is 5.91 Å². The van der Waals surface area contributed by atoms with Gasteiger partial charge in [0.15, 0.2) is 0 Å². The number of rotatable bonds is 5. The summed E-state index contributed by atoms with van der Waals surface area (Å²) >= 11 is 5.70. The van der Waals surface area contributed by atoms with Crippen LogP contribution in [0.15, 0.2) is 18.3 Å². The second-order valence-corrected chi connectivity index (χ2v) is 3.86. The van der Waals surface area contributed by atoms with Crippen molar-refractivity contribution in [2.45, 2.75) is 25.9 Å². The van der Waals surface area contributed by atoms with Crippen molar-refractivity contribution in [2.24, 2.45) is 5.73 Å². The molecule has 15 heavy (non-hydrogen) atoms. The Labute approximate surface area is 93.8 Å². The van der Waals surface area contributed by atoms with Crippen LogP contribution in [-0.2, 0) is 11.3 Å². The van der Waals surface area contributed by atoms with E-state index in [1.807, 2.05) is 13.0 Å². The van der Waals surface area contributed by atoms with Crippen LogP contribution in [-0.4, -0.2) is 16.9 Å². The molecule has 0 aromatic carbocycles. The van der Waals surface area contributed by atoms with E-state index in [1.54, 1.807) is 12.3 Å². The molecule has 1 aromatic rings. The van der Waals surface area contributed by atoms with Crippen molar-refractivity contribution in [3.05, 3.63) is 29.0 Å². The Kier molecular flexibility index (Phi) is 4.52. The summed E-state index contributed by atoms with van der Waals surface area (Å²) in [6.07, 6.45) is 1.92. The van der Waals surface area contributed by atoms with Gasteiger partial charge in [-0.1, -0.05) is 11.6 Å². The maximum absolute atomic E-state index is 10.6. The molecule has 5 heteroatoms. The van der Waals surface area contributed by atoms with Gasteiger partial charge in [-0.05, 0) is 19.1 Å². The Balaban J connectivity index is 2.36. The number of hydrogen-bond donors (Lipinski definition) is 2. The van der Waals surface area contributed by atoms with Gasteiger partial charge in [0, 0.05) is 25.2 Å². The summed E-state index contributed by atoms with van der Waals surface area (Å²) in [6, 6.07) is 3.68. The van der Waals surface area contributed by atoms with Crippen LogP contribution in [0.5, 0.6) is 0 Å². The SMILES string of the molecule is CC(CC(N)=O)NCc1ccc(Cl)cn1. The van der Waals surface area contributed by atoms with E-state index in [9.17, 15) is 4.79 Å². The summed E-state index contributed by atoms with van der Waals surface area (Å²) in [5, 5.41) is 3.76. The number of amides is 1. The lowest BCUT2D eigenvalue weighted by atomic mass is 10.2. The number of halogens is 1. The van der Waals surface area contributed by atoms with Crippen molar-refractivity contribution in [1.82, 2.24) is 10.3 Å². The molecule has 0 aliphatic carbocycles. The number of primary amides is 1. The zero-order valence-corrected chi connectivity index (χ0v) is 9.29. The van der Waals surface area contributed by atoms with Crippen LogP contribution in [0.3, 0.4) is 0 Å². The molecule has 82 valence electrons. The van der Waals surface area contributed by atoms with E-state index in [4.69, 9.17) is 17.3 Å². The average molecular weight is 228 g/mol. The lowest BCUT2D eigenvalue weighted by Crippen LogP contribution is -2.30. The van der Waals surface area contributed by atoms with E-state index >= 15 is 0 Å². The van der Waals surface area contributed by atoms with E-state index in [1.165, 1.54) is 0 Å². The summed E-state index contributed by atoms with van der Waals surface area (Å²) in [5.41, 5.74) is 5.96. The summed E-state index contributed by atoms with van der Waals surface area (Å²) < 4.78 is 0. The molecule has 0 bridgehead atoms. The number of nitrogens with zero attached hydrogens (tertiary/aromatic N) is 1. The fourth-order valence-corrected chi connectivity index (χ4v) is 1.28. The van der Waals surface area contributed by atoms with Crippen molar-refractivity contribution in [1.29, 1.82) is 0 Å². The van der Waals surface area contributed by atoms with Crippen LogP contribution in [0.1, 0.15) is 19.0 Å². The number of nitrogens with two attached hydrogens (primary N) is 1. The van der Waals surface area contributed by atoms with Gasteiger partial charge in [0.1, 0.15) is 0 Å². The summed E-state index contributed by atoms with van der Waals surface area (Å²) in [5.74, 6) is -0.306. The second-order valence-electron chi connectivity index (χ2n) is 3.42. The van der Waals surface area contributed by atoms with Gasteiger partial charge < -0.3 is 11.1 Å². The largest absolute Gasteiger partial charge is 0.370 e. The fourth-order valence-electron chi connectivity index (χ4n) is 1.16. The minimum Gasteiger partial charge on any atom is -0.370 e. The second kappa shape index (κ2) is 5.68. The smallest absolute Gasteiger partial charge is 0.218 e. The molecular formula is C10H14ClN3O. The number of carbonyl (C=O) groups is 1. The van der Waals surface area contributed by atoms with Gasteiger partial charge >= 0.3 is 0 Å². The highest BCUT2D eigenvalue weighted by Gasteiger charge is 2.05. The van der Waals surface area contributed by atoms with Crippen LogP contribution in [0.25, 0.3) is 0 Å². The molecule has 0 aliphatic heterocycles. The predicted octanol–water partition coefficient (Wildman–Crippen LogP) is 1.09. The molecule has 1 heterocycles. The first-order valence-corrected chi connectivity index (χ1v) is 5.08. The van der Waals surface area contributed by atoms with Gasteiger partial charge in [-0.3, -0.25) is 9.78 Å². The standard InChI is InChI=1S/C10H14ClN3O/c1-7(4-10(12)15)13-6-9-3-2-8(11)5-14-9/h2-3,5,7,13H,4,6H2,1H3,(H2,12,15). The van der Waals surface area contributed by atoms with Crippen LogP contribution in [0, 0.1) is 0 Å². The predicted molar refractivity (Wildman–Crippen MR) is 59.4 cm³/mol. The average Bonchev–Trinajstić information content (AvgIpc) is 2.16. The zero-order chi connectivity index (χ0) is 11.3. The lowest BCUT2D eigenvalue weighted by Gasteiger charge is -2.11. The van der Waals surface area contributed by atoms with Gasteiger partial charge in [0.25, 0.3) is 0 Å². The first kappa shape index (κ1) is 11.9. The van der Waals surface area contributed by atoms with Crippen LogP contribution in [0.4, 0.5) is 0 Å². The zero-order valence-electron chi connectivity index (χ0n) is 8.53. The number of hydrogen-bond acceptors (Lipinski definition) is 3. The van der Waals surface area contributed by atoms with Crippen molar-refractivity contribution in [3.8, 4) is 0 Å². The molecular weight excluding hydrogens is 214 g/mol. The lowest BCUT2D eigenvalue weighted by molar-refractivity contribution is -0.118. The normalized spacial score (nSPS) is 12.4. The summed E-state index contributed by atoms with van der Waals surface area (Å²) in [4.78, 5) is 14.7. The third-order valence-electron chi connectivity index (χ3n) is 1.93. The van der Waals surface area contributed by atoms with E-state index in [2.05, 4.69) is 10.3 Å². The van der Waals surface area contributed by atoms with Gasteiger partial charge in [-0.2, -0.15) is 0 Å². The molecule has 1 amide bonds. The monoisotopic (exact) mass is 227 g/mol. The van der Waals surface area contributed by atoms with Crippen LogP contribution >= 0.6 is 11.6 Å². The molecule has 0 saturated carbocycles. The first-order valence-electron chi connectivity index (χ1n) is 4.70. The van der Waals surface area contributed by atoms with E-state index < -0.39 is 0 Å². The maximum Gasteiger partial charge on any atom is 0.218 e. The molecule has 0 aliphatic rings. The van der Waals surface area contributed by atoms with Gasteiger partial charge in [-0.25, -0.2) is 0 Å². The van der Waals surface area contributed by atoms with Crippen LogP contribution in [0.2, 0.25) is 5.02 Å². The van der Waals surface area contributed by atoms with E-state index in [0.29, 0.717) is 18.0 Å². The molecule has 0 spiro atoms. The molecule has 4 nitrogen and oxygen atoms in total. The van der Waals surface area contributed by atoms with Crippen LogP contribution < -0.4 is 11.1 Å². The van der Waals surface area contributed by atoms with Gasteiger partial charge in [-0.15, -0.1) is 0 Å².